The predicted molar refractivity (Wildman–Crippen MR) is 62.1 cm³/mol. The highest BCUT2D eigenvalue weighted by Crippen LogP contribution is 2.22. The molecule has 15 heavy (non-hydrogen) atoms. The zero-order valence-corrected chi connectivity index (χ0v) is 10.4. The third-order valence-electron chi connectivity index (χ3n) is 2.22. The van der Waals surface area contributed by atoms with Crippen LogP contribution in [0.5, 0.6) is 0 Å². The lowest BCUT2D eigenvalue weighted by molar-refractivity contribution is -0.119. The quantitative estimate of drug-likeness (QED) is 0.860. The van der Waals surface area contributed by atoms with Gasteiger partial charge < -0.3 is 5.32 Å². The van der Waals surface area contributed by atoms with E-state index in [-0.39, 0.29) is 11.8 Å². The molecule has 1 N–H and O–H groups in total. The molecule has 1 amide bonds. The van der Waals surface area contributed by atoms with Gasteiger partial charge in [0, 0.05) is 11.8 Å². The van der Waals surface area contributed by atoms with Crippen molar-refractivity contribution in [2.24, 2.45) is 5.92 Å². The van der Waals surface area contributed by atoms with Gasteiger partial charge in [0.1, 0.15) is 5.01 Å². The van der Waals surface area contributed by atoms with E-state index in [0.717, 1.165) is 11.4 Å². The molecule has 4 nitrogen and oxygen atoms in total. The molecule has 0 unspecified atom stereocenters. The Kier molecular flexibility index (Phi) is 4.20. The monoisotopic (exact) mass is 227 g/mol. The molecule has 5 heteroatoms. The number of hydrogen-bond donors (Lipinski definition) is 1. The number of nitrogens with one attached hydrogen (secondary N) is 1. The summed E-state index contributed by atoms with van der Waals surface area (Å²) in [5.74, 6) is 0.400. The average molecular weight is 227 g/mol. The molecule has 0 aliphatic rings. The molecule has 1 aromatic heterocycles. The maximum absolute atomic E-state index is 11.6. The summed E-state index contributed by atoms with van der Waals surface area (Å²) in [6.07, 6.45) is 0.835. The van der Waals surface area contributed by atoms with E-state index in [4.69, 9.17) is 0 Å². The summed E-state index contributed by atoms with van der Waals surface area (Å²) < 4.78 is 0. The average Bonchev–Trinajstić information content (AvgIpc) is 2.65. The standard InChI is InChI=1S/C10H17N3OS/c1-5-7(4)8(14)11-10-13-12-9(15-10)6(2)3/h6-7H,5H2,1-4H3,(H,11,13,14)/t7-/m0/s1. The molecule has 0 aromatic carbocycles. The molecule has 84 valence electrons. The first-order chi connectivity index (χ1) is 7.04. The lowest BCUT2D eigenvalue weighted by atomic mass is 10.1. The molecule has 1 heterocycles. The van der Waals surface area contributed by atoms with Crippen molar-refractivity contribution >= 4 is 22.4 Å². The molecule has 0 spiro atoms. The molecular formula is C10H17N3OS. The van der Waals surface area contributed by atoms with Gasteiger partial charge in [-0.3, -0.25) is 4.79 Å². The third kappa shape index (κ3) is 3.27. The van der Waals surface area contributed by atoms with E-state index < -0.39 is 0 Å². The van der Waals surface area contributed by atoms with Crippen LogP contribution >= 0.6 is 11.3 Å². The van der Waals surface area contributed by atoms with Crippen LogP contribution in [0.25, 0.3) is 0 Å². The van der Waals surface area contributed by atoms with E-state index in [1.807, 2.05) is 13.8 Å². The Morgan fingerprint density at radius 3 is 2.53 bits per heavy atom. The maximum atomic E-state index is 11.6. The summed E-state index contributed by atoms with van der Waals surface area (Å²) in [5.41, 5.74) is 0. The van der Waals surface area contributed by atoms with Crippen LogP contribution in [0.4, 0.5) is 5.13 Å². The number of rotatable bonds is 4. The van der Waals surface area contributed by atoms with Crippen molar-refractivity contribution in [3.05, 3.63) is 5.01 Å². The van der Waals surface area contributed by atoms with Crippen LogP contribution < -0.4 is 5.32 Å². The van der Waals surface area contributed by atoms with Gasteiger partial charge in [0.05, 0.1) is 0 Å². The number of hydrogen-bond acceptors (Lipinski definition) is 4. The molecular weight excluding hydrogens is 210 g/mol. The largest absolute Gasteiger partial charge is 0.300 e. The van der Waals surface area contributed by atoms with E-state index in [0.29, 0.717) is 11.0 Å². The van der Waals surface area contributed by atoms with Crippen LogP contribution in [-0.4, -0.2) is 16.1 Å². The summed E-state index contributed by atoms with van der Waals surface area (Å²) >= 11 is 1.44. The topological polar surface area (TPSA) is 54.9 Å². The van der Waals surface area contributed by atoms with Crippen LogP contribution in [-0.2, 0) is 4.79 Å². The third-order valence-corrected chi connectivity index (χ3v) is 3.36. The smallest absolute Gasteiger partial charge is 0.229 e. The SMILES string of the molecule is CC[C@H](C)C(=O)Nc1nnc(C(C)C)s1. The molecule has 0 fully saturated rings. The number of nitrogens with zero attached hydrogens (tertiary/aromatic N) is 2. The van der Waals surface area contributed by atoms with Crippen molar-refractivity contribution < 1.29 is 4.79 Å². The Labute approximate surface area is 94.1 Å². The molecule has 0 saturated carbocycles. The second-order valence-electron chi connectivity index (χ2n) is 3.90. The van der Waals surface area contributed by atoms with E-state index in [2.05, 4.69) is 29.4 Å². The van der Waals surface area contributed by atoms with Gasteiger partial charge in [-0.2, -0.15) is 0 Å². The van der Waals surface area contributed by atoms with Crippen molar-refractivity contribution in [3.8, 4) is 0 Å². The molecule has 0 aliphatic carbocycles. The minimum Gasteiger partial charge on any atom is -0.300 e. The minimum absolute atomic E-state index is 0.0176. The number of anilines is 1. The molecule has 0 radical (unpaired) electrons. The molecule has 0 aliphatic heterocycles. The van der Waals surface area contributed by atoms with E-state index in [1.54, 1.807) is 0 Å². The summed E-state index contributed by atoms with van der Waals surface area (Å²) in [5, 5.41) is 12.3. The summed E-state index contributed by atoms with van der Waals surface area (Å²) in [7, 11) is 0. The Morgan fingerprint density at radius 1 is 1.40 bits per heavy atom. The van der Waals surface area contributed by atoms with Gasteiger partial charge in [-0.1, -0.05) is 39.0 Å². The van der Waals surface area contributed by atoms with Crippen molar-refractivity contribution in [1.82, 2.24) is 10.2 Å². The predicted octanol–water partition coefficient (Wildman–Crippen LogP) is 2.65. The molecule has 0 bridgehead atoms. The van der Waals surface area contributed by atoms with Gasteiger partial charge in [0.15, 0.2) is 0 Å². The zero-order chi connectivity index (χ0) is 11.4. The normalized spacial score (nSPS) is 12.9. The second kappa shape index (κ2) is 5.21. The Hall–Kier alpha value is -0.970. The lowest BCUT2D eigenvalue weighted by Crippen LogP contribution is -2.19. The van der Waals surface area contributed by atoms with Gasteiger partial charge in [-0.05, 0) is 6.42 Å². The first-order valence-corrected chi connectivity index (χ1v) is 6.00. The first-order valence-electron chi connectivity index (χ1n) is 5.18. The lowest BCUT2D eigenvalue weighted by Gasteiger charge is -2.06. The van der Waals surface area contributed by atoms with Gasteiger partial charge in [-0.15, -0.1) is 10.2 Å². The molecule has 1 rings (SSSR count). The van der Waals surface area contributed by atoms with Gasteiger partial charge >= 0.3 is 0 Å². The van der Waals surface area contributed by atoms with Crippen LogP contribution in [0.3, 0.4) is 0 Å². The van der Waals surface area contributed by atoms with Crippen molar-refractivity contribution in [2.75, 3.05) is 5.32 Å². The zero-order valence-electron chi connectivity index (χ0n) is 9.57. The van der Waals surface area contributed by atoms with Gasteiger partial charge in [0.25, 0.3) is 0 Å². The van der Waals surface area contributed by atoms with E-state index >= 15 is 0 Å². The Balaban J connectivity index is 2.61. The van der Waals surface area contributed by atoms with E-state index in [9.17, 15) is 4.79 Å². The highest BCUT2D eigenvalue weighted by atomic mass is 32.1. The van der Waals surface area contributed by atoms with Crippen LogP contribution in [0, 0.1) is 5.92 Å². The van der Waals surface area contributed by atoms with Gasteiger partial charge in [-0.25, -0.2) is 0 Å². The highest BCUT2D eigenvalue weighted by molar-refractivity contribution is 7.15. The van der Waals surface area contributed by atoms with Crippen LogP contribution in [0.15, 0.2) is 0 Å². The minimum atomic E-state index is 0.0176. The summed E-state index contributed by atoms with van der Waals surface area (Å²) in [4.78, 5) is 11.6. The highest BCUT2D eigenvalue weighted by Gasteiger charge is 2.14. The second-order valence-corrected chi connectivity index (χ2v) is 4.91. The molecule has 0 saturated heterocycles. The number of carbonyl (C=O) groups excluding carboxylic acids is 1. The van der Waals surface area contributed by atoms with E-state index in [1.165, 1.54) is 11.3 Å². The van der Waals surface area contributed by atoms with Crippen molar-refractivity contribution in [1.29, 1.82) is 0 Å². The Morgan fingerprint density at radius 2 is 2.07 bits per heavy atom. The summed E-state index contributed by atoms with van der Waals surface area (Å²) in [6.45, 7) is 8.01. The molecule has 1 aromatic rings. The Bertz CT molecular complexity index is 335. The maximum Gasteiger partial charge on any atom is 0.229 e. The number of carbonyl (C=O) groups is 1. The molecule has 1 atom stereocenters. The number of amides is 1. The first kappa shape index (κ1) is 12.1. The van der Waals surface area contributed by atoms with Crippen molar-refractivity contribution in [3.63, 3.8) is 0 Å². The number of aromatic nitrogens is 2. The fourth-order valence-corrected chi connectivity index (χ4v) is 1.68. The van der Waals surface area contributed by atoms with Crippen molar-refractivity contribution in [2.45, 2.75) is 40.0 Å². The van der Waals surface area contributed by atoms with Gasteiger partial charge in [0.2, 0.25) is 11.0 Å². The summed E-state index contributed by atoms with van der Waals surface area (Å²) in [6, 6.07) is 0. The fraction of sp³-hybridized carbons (Fsp3) is 0.700. The van der Waals surface area contributed by atoms with Crippen LogP contribution in [0.2, 0.25) is 0 Å². The van der Waals surface area contributed by atoms with Crippen LogP contribution in [0.1, 0.15) is 45.0 Å². The fourth-order valence-electron chi connectivity index (χ4n) is 0.932.